The number of aliphatic hydroxyl groups is 1. The molecule has 0 aliphatic carbocycles. The molecule has 50 heavy (non-hydrogen) atoms. The summed E-state index contributed by atoms with van der Waals surface area (Å²) >= 11 is 0. The van der Waals surface area contributed by atoms with Crippen LogP contribution < -0.4 is 10.2 Å². The van der Waals surface area contributed by atoms with E-state index in [1.165, 1.54) is 0 Å². The quantitative estimate of drug-likeness (QED) is 0.127. The predicted octanol–water partition coefficient (Wildman–Crippen LogP) is 5.12. The highest BCUT2D eigenvalue weighted by atomic mass is 16.5. The summed E-state index contributed by atoms with van der Waals surface area (Å²) in [5.74, 6) is -2.92. The lowest BCUT2D eigenvalue weighted by molar-refractivity contribution is -0.146. The summed E-state index contributed by atoms with van der Waals surface area (Å²) in [5.41, 5.74) is 2.27. The number of nitrogens with zero attached hydrogens (tertiary/aromatic N) is 2. The molecule has 6 atom stereocenters. The molecule has 3 aliphatic rings. The highest BCUT2D eigenvalue weighted by Crippen LogP contribution is 2.59. The van der Waals surface area contributed by atoms with Gasteiger partial charge in [-0.2, -0.15) is 0 Å². The number of aliphatic hydroxyl groups excluding tert-OH is 1. The number of benzene rings is 2. The van der Waals surface area contributed by atoms with E-state index in [2.05, 4.69) is 18.5 Å². The minimum Gasteiger partial charge on any atom is -0.463 e. The Kier molecular flexibility index (Phi) is 12.3. The van der Waals surface area contributed by atoms with E-state index in [9.17, 15) is 24.3 Å². The molecule has 3 aliphatic heterocycles. The number of carbonyl (C=O) groups is 4. The Morgan fingerprint density at radius 2 is 1.86 bits per heavy atom. The SMILES string of the molecule is C=CCCC(=O)OC[C@H](NC(=O)[C@@H]1[C@H]2C(=O)N(CCCCCCO)[C@H](C(=O)N(CC=C)c3cc(C)ccc3C)[C@]23CC[C@H]1O3)c1ccccc1. The monoisotopic (exact) mass is 685 g/mol. The molecule has 0 saturated carbocycles. The summed E-state index contributed by atoms with van der Waals surface area (Å²) in [5, 5.41) is 12.4. The Morgan fingerprint density at radius 3 is 2.58 bits per heavy atom. The van der Waals surface area contributed by atoms with Crippen LogP contribution in [0.25, 0.3) is 0 Å². The Balaban J connectivity index is 1.46. The Morgan fingerprint density at radius 1 is 1.10 bits per heavy atom. The molecule has 268 valence electrons. The second kappa shape index (κ2) is 16.6. The van der Waals surface area contributed by atoms with Crippen molar-refractivity contribution < 1.29 is 33.8 Å². The third kappa shape index (κ3) is 7.56. The van der Waals surface area contributed by atoms with E-state index in [0.29, 0.717) is 38.6 Å². The van der Waals surface area contributed by atoms with Crippen LogP contribution in [0.15, 0.2) is 73.8 Å². The van der Waals surface area contributed by atoms with Gasteiger partial charge in [0.1, 0.15) is 18.2 Å². The van der Waals surface area contributed by atoms with E-state index in [4.69, 9.17) is 9.47 Å². The third-order valence-corrected chi connectivity index (χ3v) is 10.4. The van der Waals surface area contributed by atoms with Gasteiger partial charge < -0.3 is 29.7 Å². The zero-order valence-corrected chi connectivity index (χ0v) is 29.4. The Bertz CT molecular complexity index is 1560. The molecule has 0 unspecified atom stereocenters. The van der Waals surface area contributed by atoms with Gasteiger partial charge in [0.25, 0.3) is 5.91 Å². The molecular weight excluding hydrogens is 634 g/mol. The molecule has 3 amide bonds. The van der Waals surface area contributed by atoms with E-state index in [0.717, 1.165) is 35.2 Å². The molecule has 3 fully saturated rings. The van der Waals surface area contributed by atoms with Crippen molar-refractivity contribution >= 4 is 29.4 Å². The number of nitrogens with one attached hydrogen (secondary N) is 1. The van der Waals surface area contributed by atoms with Crippen LogP contribution in [0.5, 0.6) is 0 Å². The first-order valence-corrected chi connectivity index (χ1v) is 17.9. The van der Waals surface area contributed by atoms with Crippen LogP contribution in [-0.4, -0.2) is 77.7 Å². The lowest BCUT2D eigenvalue weighted by atomic mass is 9.70. The van der Waals surface area contributed by atoms with Crippen LogP contribution in [0, 0.1) is 25.7 Å². The number of likely N-dealkylation sites (tertiary alicyclic amines) is 1. The van der Waals surface area contributed by atoms with Crippen LogP contribution in [0.4, 0.5) is 5.69 Å². The van der Waals surface area contributed by atoms with E-state index in [1.807, 2.05) is 62.4 Å². The van der Waals surface area contributed by atoms with Crippen molar-refractivity contribution in [3.05, 3.63) is 90.5 Å². The number of allylic oxidation sites excluding steroid dienone is 1. The number of hydrogen-bond acceptors (Lipinski definition) is 7. The minimum absolute atomic E-state index is 0.0683. The fourth-order valence-electron chi connectivity index (χ4n) is 7.96. The number of amides is 3. The van der Waals surface area contributed by atoms with Crippen molar-refractivity contribution in [2.75, 3.05) is 31.2 Å². The highest BCUT2D eigenvalue weighted by Gasteiger charge is 2.74. The van der Waals surface area contributed by atoms with Gasteiger partial charge in [-0.15, -0.1) is 13.2 Å². The van der Waals surface area contributed by atoms with Crippen LogP contribution in [-0.2, 0) is 28.7 Å². The first-order chi connectivity index (χ1) is 24.2. The topological polar surface area (TPSA) is 125 Å². The van der Waals surface area contributed by atoms with Gasteiger partial charge >= 0.3 is 5.97 Å². The fraction of sp³-hybridized carbons (Fsp3) is 0.500. The summed E-state index contributed by atoms with van der Waals surface area (Å²) < 4.78 is 12.3. The normalized spacial score (nSPS) is 24.1. The largest absolute Gasteiger partial charge is 0.463 e. The smallest absolute Gasteiger partial charge is 0.306 e. The van der Waals surface area contributed by atoms with Crippen molar-refractivity contribution in [1.82, 2.24) is 10.2 Å². The average Bonchev–Trinajstić information content (AvgIpc) is 3.76. The number of anilines is 1. The molecule has 2 aromatic rings. The number of fused-ring (bicyclic) bond motifs is 1. The highest BCUT2D eigenvalue weighted by molar-refractivity contribution is 6.05. The van der Waals surface area contributed by atoms with Gasteiger partial charge in [0.2, 0.25) is 11.8 Å². The number of esters is 1. The molecule has 5 rings (SSSR count). The van der Waals surface area contributed by atoms with E-state index in [1.54, 1.807) is 22.0 Å². The van der Waals surface area contributed by atoms with Crippen molar-refractivity contribution in [3.63, 3.8) is 0 Å². The molecule has 1 spiro atoms. The Labute approximate surface area is 295 Å². The first kappa shape index (κ1) is 37.0. The van der Waals surface area contributed by atoms with E-state index in [-0.39, 0.29) is 43.9 Å². The van der Waals surface area contributed by atoms with Crippen LogP contribution in [0.2, 0.25) is 0 Å². The number of ether oxygens (including phenoxy) is 2. The van der Waals surface area contributed by atoms with Crippen molar-refractivity contribution in [1.29, 1.82) is 0 Å². The molecule has 10 heteroatoms. The zero-order valence-electron chi connectivity index (χ0n) is 29.4. The summed E-state index contributed by atoms with van der Waals surface area (Å²) in [4.78, 5) is 59.6. The lowest BCUT2D eigenvalue weighted by Gasteiger charge is -2.37. The molecule has 2 aromatic carbocycles. The molecule has 2 N–H and O–H groups in total. The molecule has 0 aromatic heterocycles. The number of rotatable bonds is 18. The number of unbranched alkanes of at least 4 members (excludes halogenated alkanes) is 3. The summed E-state index contributed by atoms with van der Waals surface area (Å²) in [7, 11) is 0. The maximum absolute atomic E-state index is 14.9. The standard InChI is InChI=1S/C40H51N3O7/c1-5-7-17-33(45)49-26-30(29-15-11-10-12-16-29)41-37(46)34-32-20-21-40(50-32)35(34)38(47)43(23-13-8-9-14-24-44)36(40)39(48)42(22-6-2)31-25-27(3)18-19-28(31)4/h5-6,10-12,15-16,18-19,25,30,32,34-36,44H,1-2,7-9,13-14,17,20-24,26H2,3-4H3,(H,41,46)/t30-,32+,34-,35-,36+,40-/m0/s1. The van der Waals surface area contributed by atoms with E-state index >= 15 is 0 Å². The Hall–Kier alpha value is -4.28. The molecule has 3 heterocycles. The van der Waals surface area contributed by atoms with Gasteiger partial charge in [-0.1, -0.05) is 67.5 Å². The molecule has 0 radical (unpaired) electrons. The predicted molar refractivity (Wildman–Crippen MR) is 191 cm³/mol. The van der Waals surface area contributed by atoms with Crippen LogP contribution in [0.3, 0.4) is 0 Å². The average molecular weight is 686 g/mol. The van der Waals surface area contributed by atoms with Crippen LogP contribution >= 0.6 is 0 Å². The second-order valence-electron chi connectivity index (χ2n) is 13.7. The van der Waals surface area contributed by atoms with Gasteiger partial charge in [-0.25, -0.2) is 0 Å². The summed E-state index contributed by atoms with van der Waals surface area (Å²) in [6.07, 6.45) is 7.39. The third-order valence-electron chi connectivity index (χ3n) is 10.4. The van der Waals surface area contributed by atoms with Gasteiger partial charge in [0.05, 0.1) is 24.0 Å². The van der Waals surface area contributed by atoms with E-state index < -0.39 is 41.6 Å². The van der Waals surface area contributed by atoms with Gasteiger partial charge in [0.15, 0.2) is 0 Å². The van der Waals surface area contributed by atoms with Crippen molar-refractivity contribution in [2.45, 2.75) is 89.0 Å². The summed E-state index contributed by atoms with van der Waals surface area (Å²) in [6, 6.07) is 13.7. The molecular formula is C40H51N3O7. The van der Waals surface area contributed by atoms with Gasteiger partial charge in [-0.3, -0.25) is 19.2 Å². The molecule has 3 saturated heterocycles. The number of carbonyl (C=O) groups excluding carboxylic acids is 4. The lowest BCUT2D eigenvalue weighted by Crippen LogP contribution is -2.56. The van der Waals surface area contributed by atoms with Crippen LogP contribution in [0.1, 0.15) is 74.1 Å². The zero-order chi connectivity index (χ0) is 35.8. The molecule has 10 nitrogen and oxygen atoms in total. The minimum atomic E-state index is -1.16. The first-order valence-electron chi connectivity index (χ1n) is 17.9. The fourth-order valence-corrected chi connectivity index (χ4v) is 7.96. The van der Waals surface area contributed by atoms with Crippen molar-refractivity contribution in [3.8, 4) is 0 Å². The van der Waals surface area contributed by atoms with Gasteiger partial charge in [-0.05, 0) is 68.7 Å². The van der Waals surface area contributed by atoms with Gasteiger partial charge in [0, 0.05) is 31.8 Å². The maximum Gasteiger partial charge on any atom is 0.306 e. The van der Waals surface area contributed by atoms with Crippen molar-refractivity contribution in [2.24, 2.45) is 11.8 Å². The number of aryl methyl sites for hydroxylation is 2. The number of hydrogen-bond donors (Lipinski definition) is 2. The second-order valence-corrected chi connectivity index (χ2v) is 13.7. The molecule has 2 bridgehead atoms. The maximum atomic E-state index is 14.9. The summed E-state index contributed by atoms with van der Waals surface area (Å²) in [6.45, 7) is 12.1.